The number of benzene rings is 3. The zero-order valence-electron chi connectivity index (χ0n) is 16.3. The summed E-state index contributed by atoms with van der Waals surface area (Å²) in [5, 5.41) is 3.13. The van der Waals surface area contributed by atoms with E-state index in [1.165, 1.54) is 0 Å². The number of hydrogen-bond donors (Lipinski definition) is 1. The van der Waals surface area contributed by atoms with Crippen LogP contribution in [0.25, 0.3) is 0 Å². The third-order valence-electron chi connectivity index (χ3n) is 4.72. The zero-order chi connectivity index (χ0) is 20.1. The Morgan fingerprint density at radius 2 is 1.54 bits per heavy atom. The Morgan fingerprint density at radius 1 is 0.929 bits per heavy atom. The maximum atomic E-state index is 12.7. The molecule has 0 aromatic heterocycles. The van der Waals surface area contributed by atoms with E-state index in [1.807, 2.05) is 68.4 Å². The summed E-state index contributed by atoms with van der Waals surface area (Å²) in [6.07, 6.45) is 0. The van der Waals surface area contributed by atoms with Crippen molar-refractivity contribution in [3.63, 3.8) is 0 Å². The number of hydrogen-bond acceptors (Lipinski definition) is 2. The largest absolute Gasteiger partial charge is 0.484 e. The molecule has 0 saturated heterocycles. The van der Waals surface area contributed by atoms with Crippen molar-refractivity contribution < 1.29 is 9.53 Å². The third kappa shape index (κ3) is 4.82. The van der Waals surface area contributed by atoms with Crippen molar-refractivity contribution in [1.82, 2.24) is 5.32 Å². The van der Waals surface area contributed by atoms with Crippen LogP contribution in [0, 0.1) is 20.8 Å². The number of rotatable bonds is 6. The highest BCUT2D eigenvalue weighted by molar-refractivity contribution is 9.10. The number of nitrogens with one attached hydrogen (secondary N) is 1. The van der Waals surface area contributed by atoms with E-state index < -0.39 is 0 Å². The van der Waals surface area contributed by atoms with Gasteiger partial charge >= 0.3 is 0 Å². The normalized spacial score (nSPS) is 11.7. The summed E-state index contributed by atoms with van der Waals surface area (Å²) in [7, 11) is 0. The number of ether oxygens (including phenoxy) is 1. The van der Waals surface area contributed by atoms with Crippen LogP contribution in [0.3, 0.4) is 0 Å². The van der Waals surface area contributed by atoms with E-state index in [-0.39, 0.29) is 18.6 Å². The van der Waals surface area contributed by atoms with Crippen molar-refractivity contribution in [3.05, 3.63) is 99.0 Å². The van der Waals surface area contributed by atoms with Crippen LogP contribution in [0.2, 0.25) is 0 Å². The molecule has 3 aromatic carbocycles. The molecule has 4 heteroatoms. The molecule has 0 heterocycles. The van der Waals surface area contributed by atoms with E-state index in [1.54, 1.807) is 0 Å². The Labute approximate surface area is 174 Å². The highest BCUT2D eigenvalue weighted by atomic mass is 79.9. The highest BCUT2D eigenvalue weighted by Gasteiger charge is 2.18. The predicted octanol–water partition coefficient (Wildman–Crippen LogP) is 5.66. The van der Waals surface area contributed by atoms with Crippen LogP contribution < -0.4 is 10.1 Å². The molecule has 0 radical (unpaired) electrons. The summed E-state index contributed by atoms with van der Waals surface area (Å²) in [6, 6.07) is 21.7. The summed E-state index contributed by atoms with van der Waals surface area (Å²) in [6.45, 7) is 6.04. The first-order valence-corrected chi connectivity index (χ1v) is 10.0. The van der Waals surface area contributed by atoms with Crippen LogP contribution in [0.1, 0.15) is 33.9 Å². The van der Waals surface area contributed by atoms with Gasteiger partial charge in [-0.25, -0.2) is 0 Å². The fourth-order valence-electron chi connectivity index (χ4n) is 3.24. The lowest BCUT2D eigenvalue weighted by Crippen LogP contribution is -2.33. The minimum Gasteiger partial charge on any atom is -0.484 e. The summed E-state index contributed by atoms with van der Waals surface area (Å²) < 4.78 is 6.82. The monoisotopic (exact) mass is 437 g/mol. The molecule has 0 aliphatic rings. The van der Waals surface area contributed by atoms with Gasteiger partial charge in [-0.05, 0) is 60.7 Å². The average molecular weight is 438 g/mol. The summed E-state index contributed by atoms with van der Waals surface area (Å²) in [5.41, 5.74) is 5.42. The second-order valence-corrected chi connectivity index (χ2v) is 7.72. The van der Waals surface area contributed by atoms with Crippen molar-refractivity contribution in [2.75, 3.05) is 6.61 Å². The van der Waals surface area contributed by atoms with Gasteiger partial charge in [-0.1, -0.05) is 70.5 Å². The minimum absolute atomic E-state index is 0.0320. The molecular formula is C24H24BrNO2. The van der Waals surface area contributed by atoms with Gasteiger partial charge in [0.2, 0.25) is 0 Å². The molecule has 1 atom stereocenters. The van der Waals surface area contributed by atoms with Crippen molar-refractivity contribution >= 4 is 21.8 Å². The SMILES string of the molecule is Cc1ccccc1[C@@H](NC(=O)COc1cc(C)c(Br)c(C)c1)c1ccccc1. The molecular weight excluding hydrogens is 414 g/mol. The molecule has 1 N–H and O–H groups in total. The lowest BCUT2D eigenvalue weighted by molar-refractivity contribution is -0.123. The third-order valence-corrected chi connectivity index (χ3v) is 5.97. The second kappa shape index (κ2) is 9.07. The smallest absolute Gasteiger partial charge is 0.258 e. The molecule has 0 aliphatic heterocycles. The number of carbonyl (C=O) groups excluding carboxylic acids is 1. The van der Waals surface area contributed by atoms with E-state index in [0.29, 0.717) is 5.75 Å². The van der Waals surface area contributed by atoms with Crippen LogP contribution >= 0.6 is 15.9 Å². The van der Waals surface area contributed by atoms with Crippen molar-refractivity contribution in [2.45, 2.75) is 26.8 Å². The Morgan fingerprint density at radius 3 is 2.18 bits per heavy atom. The van der Waals surface area contributed by atoms with Gasteiger partial charge < -0.3 is 10.1 Å². The number of aryl methyl sites for hydroxylation is 3. The minimum atomic E-state index is -0.216. The molecule has 0 bridgehead atoms. The van der Waals surface area contributed by atoms with Gasteiger partial charge in [0.05, 0.1) is 6.04 Å². The van der Waals surface area contributed by atoms with Crippen LogP contribution in [0.4, 0.5) is 0 Å². The van der Waals surface area contributed by atoms with Crippen LogP contribution in [-0.2, 0) is 4.79 Å². The topological polar surface area (TPSA) is 38.3 Å². The van der Waals surface area contributed by atoms with Crippen molar-refractivity contribution in [1.29, 1.82) is 0 Å². The number of amides is 1. The first-order valence-electron chi connectivity index (χ1n) is 9.25. The second-order valence-electron chi connectivity index (χ2n) is 6.93. The molecule has 0 spiro atoms. The van der Waals surface area contributed by atoms with Gasteiger partial charge in [-0.3, -0.25) is 4.79 Å². The molecule has 3 rings (SSSR count). The summed E-state index contributed by atoms with van der Waals surface area (Å²) in [4.78, 5) is 12.7. The van der Waals surface area contributed by atoms with Crippen LogP contribution in [-0.4, -0.2) is 12.5 Å². The predicted molar refractivity (Wildman–Crippen MR) is 117 cm³/mol. The van der Waals surface area contributed by atoms with Gasteiger partial charge in [0.25, 0.3) is 5.91 Å². The number of halogens is 1. The van der Waals surface area contributed by atoms with Gasteiger partial charge in [0.15, 0.2) is 6.61 Å². The van der Waals surface area contributed by atoms with E-state index in [4.69, 9.17) is 4.74 Å². The van der Waals surface area contributed by atoms with Gasteiger partial charge in [-0.15, -0.1) is 0 Å². The average Bonchev–Trinajstić information content (AvgIpc) is 2.70. The Balaban J connectivity index is 1.76. The highest BCUT2D eigenvalue weighted by Crippen LogP contribution is 2.27. The molecule has 144 valence electrons. The van der Waals surface area contributed by atoms with Crippen LogP contribution in [0.15, 0.2) is 71.2 Å². The quantitative estimate of drug-likeness (QED) is 0.540. The Bertz CT molecular complexity index is 946. The first-order chi connectivity index (χ1) is 13.5. The van der Waals surface area contributed by atoms with E-state index >= 15 is 0 Å². The van der Waals surface area contributed by atoms with Crippen molar-refractivity contribution in [3.8, 4) is 5.75 Å². The Kier molecular flexibility index (Phi) is 6.53. The van der Waals surface area contributed by atoms with Gasteiger partial charge in [0, 0.05) is 4.47 Å². The van der Waals surface area contributed by atoms with Gasteiger partial charge in [0.1, 0.15) is 5.75 Å². The summed E-state index contributed by atoms with van der Waals surface area (Å²) in [5.74, 6) is 0.538. The maximum Gasteiger partial charge on any atom is 0.258 e. The van der Waals surface area contributed by atoms with Crippen molar-refractivity contribution in [2.24, 2.45) is 0 Å². The number of carbonyl (C=O) groups is 1. The lowest BCUT2D eigenvalue weighted by atomic mass is 9.95. The van der Waals surface area contributed by atoms with E-state index in [2.05, 4.69) is 40.3 Å². The standard InChI is InChI=1S/C24H24BrNO2/c1-16-9-7-8-12-21(16)24(19-10-5-4-6-11-19)26-22(27)15-28-20-13-17(2)23(25)18(3)14-20/h4-14,24H,15H2,1-3H3,(H,26,27)/t24-/m0/s1. The molecule has 28 heavy (non-hydrogen) atoms. The lowest BCUT2D eigenvalue weighted by Gasteiger charge is -2.22. The van der Waals surface area contributed by atoms with E-state index in [9.17, 15) is 4.79 Å². The van der Waals surface area contributed by atoms with Crippen LogP contribution in [0.5, 0.6) is 5.75 Å². The fraction of sp³-hybridized carbons (Fsp3) is 0.208. The maximum absolute atomic E-state index is 12.7. The molecule has 3 aromatic rings. The molecule has 3 nitrogen and oxygen atoms in total. The van der Waals surface area contributed by atoms with Gasteiger partial charge in [-0.2, -0.15) is 0 Å². The molecule has 1 amide bonds. The molecule has 0 saturated carbocycles. The molecule has 0 fully saturated rings. The Hall–Kier alpha value is -2.59. The molecule has 0 aliphatic carbocycles. The summed E-state index contributed by atoms with van der Waals surface area (Å²) >= 11 is 3.55. The van der Waals surface area contributed by atoms with E-state index in [0.717, 1.165) is 32.3 Å². The zero-order valence-corrected chi connectivity index (χ0v) is 17.9. The molecule has 0 unspecified atom stereocenters. The first kappa shape index (κ1) is 20.2. The fourth-order valence-corrected chi connectivity index (χ4v) is 3.47.